The summed E-state index contributed by atoms with van der Waals surface area (Å²) in [6.45, 7) is 4.23. The topological polar surface area (TPSA) is 81.4 Å². The minimum atomic E-state index is -0.310. The summed E-state index contributed by atoms with van der Waals surface area (Å²) in [6, 6.07) is 1.64. The molecule has 0 atom stereocenters. The molecule has 1 rings (SSSR count). The summed E-state index contributed by atoms with van der Waals surface area (Å²) in [5.41, 5.74) is 6.27. The molecule has 0 saturated heterocycles. The second-order valence-corrected chi connectivity index (χ2v) is 4.69. The fourth-order valence-corrected chi connectivity index (χ4v) is 2.06. The van der Waals surface area contributed by atoms with E-state index in [1.54, 1.807) is 13.0 Å². The van der Waals surface area contributed by atoms with Gasteiger partial charge in [-0.15, -0.1) is 11.3 Å². The molecule has 0 aliphatic rings. The second kappa shape index (κ2) is 6.24. The summed E-state index contributed by atoms with van der Waals surface area (Å²) in [6.07, 6.45) is 0.180. The molecule has 1 amide bonds. The number of amides is 1. The van der Waals surface area contributed by atoms with Crippen LogP contribution in [-0.4, -0.2) is 25.0 Å². The van der Waals surface area contributed by atoms with Gasteiger partial charge in [-0.1, -0.05) is 0 Å². The van der Waals surface area contributed by atoms with Crippen LogP contribution in [0, 0.1) is 6.92 Å². The van der Waals surface area contributed by atoms with Gasteiger partial charge in [-0.05, 0) is 19.9 Å². The maximum absolute atomic E-state index is 11.6. The Morgan fingerprint density at radius 2 is 2.24 bits per heavy atom. The van der Waals surface area contributed by atoms with E-state index < -0.39 is 0 Å². The molecule has 0 aliphatic heterocycles. The van der Waals surface area contributed by atoms with Gasteiger partial charge in [0.1, 0.15) is 0 Å². The summed E-state index contributed by atoms with van der Waals surface area (Å²) in [4.78, 5) is 24.1. The molecule has 0 spiro atoms. The van der Waals surface area contributed by atoms with E-state index in [9.17, 15) is 9.59 Å². The monoisotopic (exact) mass is 256 g/mol. The highest BCUT2D eigenvalue weighted by Crippen LogP contribution is 2.22. The van der Waals surface area contributed by atoms with Crippen LogP contribution in [0.3, 0.4) is 0 Å². The van der Waals surface area contributed by atoms with E-state index in [0.29, 0.717) is 17.2 Å². The third-order valence-electron chi connectivity index (χ3n) is 2.10. The number of anilines is 1. The zero-order valence-corrected chi connectivity index (χ0v) is 10.7. The van der Waals surface area contributed by atoms with Crippen molar-refractivity contribution in [1.82, 2.24) is 5.32 Å². The Labute approximate surface area is 104 Å². The lowest BCUT2D eigenvalue weighted by Gasteiger charge is -2.03. The number of rotatable bonds is 5. The highest BCUT2D eigenvalue weighted by Gasteiger charge is 2.11. The van der Waals surface area contributed by atoms with E-state index in [-0.39, 0.29) is 24.8 Å². The number of aryl methyl sites for hydroxylation is 1. The molecule has 0 unspecified atom stereocenters. The molecule has 0 fully saturated rings. The average molecular weight is 256 g/mol. The number of esters is 1. The fourth-order valence-electron chi connectivity index (χ4n) is 1.21. The van der Waals surface area contributed by atoms with E-state index >= 15 is 0 Å². The predicted octanol–water partition coefficient (Wildman–Crippen LogP) is 1.32. The largest absolute Gasteiger partial charge is 0.466 e. The van der Waals surface area contributed by atoms with Crippen molar-refractivity contribution < 1.29 is 14.3 Å². The summed E-state index contributed by atoms with van der Waals surface area (Å²) < 4.78 is 4.74. The Morgan fingerprint density at radius 1 is 1.53 bits per heavy atom. The lowest BCUT2D eigenvalue weighted by molar-refractivity contribution is -0.142. The first-order valence-corrected chi connectivity index (χ1v) is 6.16. The summed E-state index contributed by atoms with van der Waals surface area (Å²) in [5, 5.41) is 2.64. The number of nitrogen functional groups attached to an aromatic ring is 1. The molecule has 1 aromatic rings. The summed E-state index contributed by atoms with van der Waals surface area (Å²) >= 11 is 1.34. The average Bonchev–Trinajstić information content (AvgIpc) is 2.59. The van der Waals surface area contributed by atoms with Crippen LogP contribution >= 0.6 is 11.3 Å². The zero-order chi connectivity index (χ0) is 12.8. The van der Waals surface area contributed by atoms with Crippen molar-refractivity contribution in [3.05, 3.63) is 15.8 Å². The van der Waals surface area contributed by atoms with Crippen LogP contribution < -0.4 is 11.1 Å². The highest BCUT2D eigenvalue weighted by molar-refractivity contribution is 7.14. The molecular formula is C11H16N2O3S. The van der Waals surface area contributed by atoms with Gasteiger partial charge >= 0.3 is 5.97 Å². The Morgan fingerprint density at radius 3 is 2.76 bits per heavy atom. The van der Waals surface area contributed by atoms with Gasteiger partial charge in [-0.2, -0.15) is 0 Å². The number of hydrogen-bond acceptors (Lipinski definition) is 5. The Hall–Kier alpha value is -1.56. The van der Waals surface area contributed by atoms with Crippen molar-refractivity contribution in [3.63, 3.8) is 0 Å². The van der Waals surface area contributed by atoms with Crippen LogP contribution in [0.15, 0.2) is 6.07 Å². The Kier molecular flexibility index (Phi) is 4.96. The van der Waals surface area contributed by atoms with Crippen molar-refractivity contribution >= 4 is 28.9 Å². The number of nitrogens with one attached hydrogen (secondary N) is 1. The van der Waals surface area contributed by atoms with Crippen molar-refractivity contribution in [1.29, 1.82) is 0 Å². The third-order valence-corrected chi connectivity index (χ3v) is 3.17. The molecule has 3 N–H and O–H groups in total. The molecule has 1 heterocycles. The summed E-state index contributed by atoms with van der Waals surface area (Å²) in [7, 11) is 0. The van der Waals surface area contributed by atoms with Gasteiger partial charge in [0.15, 0.2) is 0 Å². The van der Waals surface area contributed by atoms with Crippen molar-refractivity contribution in [2.24, 2.45) is 0 Å². The first kappa shape index (κ1) is 13.5. The first-order chi connectivity index (χ1) is 8.04. The second-order valence-electron chi connectivity index (χ2n) is 3.43. The minimum Gasteiger partial charge on any atom is -0.466 e. The van der Waals surface area contributed by atoms with Crippen LogP contribution in [0.2, 0.25) is 0 Å². The van der Waals surface area contributed by atoms with E-state index in [4.69, 9.17) is 10.5 Å². The fraction of sp³-hybridized carbons (Fsp3) is 0.455. The van der Waals surface area contributed by atoms with Gasteiger partial charge < -0.3 is 15.8 Å². The minimum absolute atomic E-state index is 0.180. The molecule has 0 saturated carbocycles. The standard InChI is InChI=1S/C11H16N2O3S/c1-3-16-10(14)4-5-13-11(15)9-6-8(12)7(2)17-9/h6H,3-5,12H2,1-2H3,(H,13,15). The maximum atomic E-state index is 11.6. The van der Waals surface area contributed by atoms with E-state index in [2.05, 4.69) is 5.32 Å². The van der Waals surface area contributed by atoms with Gasteiger partial charge in [-0.3, -0.25) is 9.59 Å². The van der Waals surface area contributed by atoms with Crippen molar-refractivity contribution in [3.8, 4) is 0 Å². The molecule has 1 aromatic heterocycles. The SMILES string of the molecule is CCOC(=O)CCNC(=O)c1cc(N)c(C)s1. The van der Waals surface area contributed by atoms with Crippen molar-refractivity contribution in [2.75, 3.05) is 18.9 Å². The van der Waals surface area contributed by atoms with Gasteiger partial charge in [0.25, 0.3) is 5.91 Å². The van der Waals surface area contributed by atoms with E-state index in [0.717, 1.165) is 4.88 Å². The number of carbonyl (C=O) groups is 2. The number of nitrogens with two attached hydrogens (primary N) is 1. The Bertz CT molecular complexity index is 395. The van der Waals surface area contributed by atoms with Gasteiger partial charge in [0.05, 0.1) is 17.9 Å². The number of ether oxygens (including phenoxy) is 1. The lowest BCUT2D eigenvalue weighted by atomic mass is 10.3. The van der Waals surface area contributed by atoms with Crippen LogP contribution in [0.25, 0.3) is 0 Å². The third kappa shape index (κ3) is 4.07. The first-order valence-electron chi connectivity index (χ1n) is 5.34. The molecule has 0 aromatic carbocycles. The molecule has 0 aliphatic carbocycles. The molecule has 17 heavy (non-hydrogen) atoms. The lowest BCUT2D eigenvalue weighted by Crippen LogP contribution is -2.25. The smallest absolute Gasteiger partial charge is 0.307 e. The number of carbonyl (C=O) groups excluding carboxylic acids is 2. The number of thiophene rings is 1. The van der Waals surface area contributed by atoms with Crippen LogP contribution in [-0.2, 0) is 9.53 Å². The molecule has 94 valence electrons. The normalized spacial score (nSPS) is 10.0. The van der Waals surface area contributed by atoms with Crippen LogP contribution in [0.1, 0.15) is 27.9 Å². The molecule has 6 heteroatoms. The molecule has 0 radical (unpaired) electrons. The molecular weight excluding hydrogens is 240 g/mol. The molecule has 5 nitrogen and oxygen atoms in total. The quantitative estimate of drug-likeness (QED) is 0.778. The van der Waals surface area contributed by atoms with Gasteiger partial charge in [0.2, 0.25) is 0 Å². The zero-order valence-electron chi connectivity index (χ0n) is 9.91. The maximum Gasteiger partial charge on any atom is 0.307 e. The van der Waals surface area contributed by atoms with E-state index in [1.807, 2.05) is 6.92 Å². The van der Waals surface area contributed by atoms with E-state index in [1.165, 1.54) is 11.3 Å². The van der Waals surface area contributed by atoms with Gasteiger partial charge in [0, 0.05) is 17.1 Å². The Balaban J connectivity index is 2.37. The van der Waals surface area contributed by atoms with Crippen molar-refractivity contribution in [2.45, 2.75) is 20.3 Å². The predicted molar refractivity (Wildman–Crippen MR) is 67.1 cm³/mol. The summed E-state index contributed by atoms with van der Waals surface area (Å²) in [5.74, 6) is -0.520. The molecule has 0 bridgehead atoms. The van der Waals surface area contributed by atoms with Crippen LogP contribution in [0.5, 0.6) is 0 Å². The van der Waals surface area contributed by atoms with Gasteiger partial charge in [-0.25, -0.2) is 0 Å². The highest BCUT2D eigenvalue weighted by atomic mass is 32.1. The van der Waals surface area contributed by atoms with Crippen LogP contribution in [0.4, 0.5) is 5.69 Å². The number of hydrogen-bond donors (Lipinski definition) is 2.